The lowest BCUT2D eigenvalue weighted by atomic mass is 9.89. The minimum atomic E-state index is -3.78. The number of carbonyl (C=O) groups is 2. The Morgan fingerprint density at radius 3 is 2.27 bits per heavy atom. The maximum atomic E-state index is 13.0. The minimum Gasteiger partial charge on any atom is -0.443 e. The van der Waals surface area contributed by atoms with E-state index >= 15 is 0 Å². The van der Waals surface area contributed by atoms with Gasteiger partial charge in [0, 0.05) is 19.8 Å². The van der Waals surface area contributed by atoms with Gasteiger partial charge in [-0.3, -0.25) is 8.98 Å². The number of rotatable bonds is 11. The molecule has 2 atom stereocenters. The van der Waals surface area contributed by atoms with Gasteiger partial charge in [-0.15, -0.1) is 0 Å². The first kappa shape index (κ1) is 26.8. The second kappa shape index (κ2) is 12.0. The van der Waals surface area contributed by atoms with E-state index in [1.807, 2.05) is 13.8 Å². The number of likely N-dealkylation sites (tertiary alicyclic amines) is 1. The van der Waals surface area contributed by atoms with E-state index < -0.39 is 39.7 Å². The highest BCUT2D eigenvalue weighted by molar-refractivity contribution is 7.86. The number of imide groups is 1. The van der Waals surface area contributed by atoms with Gasteiger partial charge in [0.25, 0.3) is 10.1 Å². The lowest BCUT2D eigenvalue weighted by Gasteiger charge is -2.35. The zero-order valence-corrected chi connectivity index (χ0v) is 19.8. The van der Waals surface area contributed by atoms with Crippen LogP contribution in [0.5, 0.6) is 0 Å². The van der Waals surface area contributed by atoms with Crippen molar-refractivity contribution >= 4 is 22.1 Å². The van der Waals surface area contributed by atoms with Crippen molar-refractivity contribution in [2.45, 2.75) is 84.7 Å². The van der Waals surface area contributed by atoms with Gasteiger partial charge in [0.1, 0.15) is 5.60 Å². The SMILES string of the molecule is CCOC(CCCC(OS(C)(=O)=O)C1CCCN(C(=O)OC(C)(C)C)C1=O)OCC. The molecule has 9 nitrogen and oxygen atoms in total. The summed E-state index contributed by atoms with van der Waals surface area (Å²) in [4.78, 5) is 26.5. The lowest BCUT2D eigenvalue weighted by molar-refractivity contribution is -0.143. The van der Waals surface area contributed by atoms with Gasteiger partial charge >= 0.3 is 6.09 Å². The maximum Gasteiger partial charge on any atom is 0.417 e. The van der Waals surface area contributed by atoms with Crippen molar-refractivity contribution in [3.8, 4) is 0 Å². The molecular formula is C20H37NO8S. The summed E-state index contributed by atoms with van der Waals surface area (Å²) in [5.74, 6) is -1.20. The molecule has 1 heterocycles. The van der Waals surface area contributed by atoms with Crippen molar-refractivity contribution in [3.05, 3.63) is 0 Å². The molecule has 2 unspecified atom stereocenters. The first-order chi connectivity index (χ1) is 13.9. The summed E-state index contributed by atoms with van der Waals surface area (Å²) in [6.07, 6.45) is 1.40. The molecule has 1 aliphatic heterocycles. The van der Waals surface area contributed by atoms with Gasteiger partial charge < -0.3 is 14.2 Å². The van der Waals surface area contributed by atoms with Crippen molar-refractivity contribution < 1.29 is 36.4 Å². The van der Waals surface area contributed by atoms with Gasteiger partial charge in [0.2, 0.25) is 5.91 Å². The lowest BCUT2D eigenvalue weighted by Crippen LogP contribution is -2.50. The van der Waals surface area contributed by atoms with Crippen LogP contribution in [0.4, 0.5) is 4.79 Å². The number of ether oxygens (including phenoxy) is 3. The molecule has 1 saturated heterocycles. The summed E-state index contributed by atoms with van der Waals surface area (Å²) in [5.41, 5.74) is -0.736. The van der Waals surface area contributed by atoms with Crippen LogP contribution in [0.3, 0.4) is 0 Å². The maximum absolute atomic E-state index is 13.0. The molecule has 30 heavy (non-hydrogen) atoms. The summed E-state index contributed by atoms with van der Waals surface area (Å²) in [6, 6.07) is 0. The number of nitrogens with zero attached hydrogens (tertiary/aromatic N) is 1. The van der Waals surface area contributed by atoms with Crippen LogP contribution in [0.15, 0.2) is 0 Å². The zero-order chi connectivity index (χ0) is 22.9. The summed E-state index contributed by atoms with van der Waals surface area (Å²) >= 11 is 0. The van der Waals surface area contributed by atoms with Crippen LogP contribution in [0.25, 0.3) is 0 Å². The highest BCUT2D eigenvalue weighted by Gasteiger charge is 2.40. The number of amides is 2. The molecule has 1 fully saturated rings. The van der Waals surface area contributed by atoms with Crippen LogP contribution >= 0.6 is 0 Å². The molecule has 0 aromatic heterocycles. The molecule has 0 aromatic rings. The van der Waals surface area contributed by atoms with Crippen LogP contribution in [-0.4, -0.2) is 69.3 Å². The van der Waals surface area contributed by atoms with Gasteiger partial charge in [-0.25, -0.2) is 9.69 Å². The second-order valence-corrected chi connectivity index (χ2v) is 9.93. The average molecular weight is 452 g/mol. The topological polar surface area (TPSA) is 108 Å². The number of hydrogen-bond acceptors (Lipinski definition) is 8. The van der Waals surface area contributed by atoms with Crippen molar-refractivity contribution in [2.24, 2.45) is 5.92 Å². The largest absolute Gasteiger partial charge is 0.443 e. The van der Waals surface area contributed by atoms with E-state index in [4.69, 9.17) is 18.4 Å². The van der Waals surface area contributed by atoms with Crippen molar-refractivity contribution in [3.63, 3.8) is 0 Å². The molecule has 0 spiro atoms. The molecule has 1 rings (SSSR count). The normalized spacial score (nSPS) is 19.2. The molecule has 0 saturated carbocycles. The Balaban J connectivity index is 2.87. The molecule has 176 valence electrons. The monoisotopic (exact) mass is 451 g/mol. The molecule has 0 N–H and O–H groups in total. The van der Waals surface area contributed by atoms with Crippen molar-refractivity contribution in [1.82, 2.24) is 4.90 Å². The fraction of sp³-hybridized carbons (Fsp3) is 0.900. The Labute approximate surface area is 180 Å². The molecule has 2 amide bonds. The summed E-state index contributed by atoms with van der Waals surface area (Å²) in [7, 11) is -3.78. The Bertz CT molecular complexity index is 652. The molecular weight excluding hydrogens is 414 g/mol. The Kier molecular flexibility index (Phi) is 10.7. The summed E-state index contributed by atoms with van der Waals surface area (Å²) < 4.78 is 45.2. The van der Waals surface area contributed by atoms with Gasteiger partial charge in [-0.2, -0.15) is 8.42 Å². The van der Waals surface area contributed by atoms with E-state index in [1.165, 1.54) is 0 Å². The fourth-order valence-corrected chi connectivity index (χ4v) is 4.04. The molecule has 1 aliphatic rings. The van der Waals surface area contributed by atoms with Crippen LogP contribution in [0.2, 0.25) is 0 Å². The summed E-state index contributed by atoms with van der Waals surface area (Å²) in [5, 5.41) is 0. The van der Waals surface area contributed by atoms with Gasteiger partial charge in [0.05, 0.1) is 18.3 Å². The van der Waals surface area contributed by atoms with Crippen LogP contribution in [0, 0.1) is 5.92 Å². The number of carbonyl (C=O) groups excluding carboxylic acids is 2. The van der Waals surface area contributed by atoms with E-state index in [1.54, 1.807) is 20.8 Å². The third kappa shape index (κ3) is 9.72. The fourth-order valence-electron chi connectivity index (χ4n) is 3.36. The third-order valence-electron chi connectivity index (χ3n) is 4.47. The standard InChI is InChI=1S/C20H37NO8S/c1-7-26-17(27-8-2)13-9-12-16(29-30(6,24)25)15-11-10-14-21(18(15)22)19(23)28-20(3,4)5/h15-17H,7-14H2,1-6H3. The first-order valence-electron chi connectivity index (χ1n) is 10.5. The van der Waals surface area contributed by atoms with E-state index in [0.29, 0.717) is 45.3 Å². The Morgan fingerprint density at radius 2 is 1.77 bits per heavy atom. The van der Waals surface area contributed by atoms with Gasteiger partial charge in [-0.1, -0.05) is 0 Å². The van der Waals surface area contributed by atoms with Crippen molar-refractivity contribution in [1.29, 1.82) is 0 Å². The second-order valence-electron chi connectivity index (χ2n) is 8.33. The molecule has 0 bridgehead atoms. The number of hydrogen-bond donors (Lipinski definition) is 0. The molecule has 0 radical (unpaired) electrons. The predicted octanol–water partition coefficient (Wildman–Crippen LogP) is 3.07. The number of piperidine rings is 1. The highest BCUT2D eigenvalue weighted by atomic mass is 32.2. The van der Waals surface area contributed by atoms with Crippen LogP contribution < -0.4 is 0 Å². The van der Waals surface area contributed by atoms with E-state index in [9.17, 15) is 18.0 Å². The first-order valence-corrected chi connectivity index (χ1v) is 12.4. The van der Waals surface area contributed by atoms with Crippen molar-refractivity contribution in [2.75, 3.05) is 26.0 Å². The molecule has 0 aromatic carbocycles. The van der Waals surface area contributed by atoms with E-state index in [2.05, 4.69) is 0 Å². The molecule has 0 aliphatic carbocycles. The van der Waals surface area contributed by atoms with Gasteiger partial charge in [-0.05, 0) is 66.7 Å². The van der Waals surface area contributed by atoms with E-state index in [-0.39, 0.29) is 12.8 Å². The van der Waals surface area contributed by atoms with Crippen LogP contribution in [-0.2, 0) is 33.3 Å². The quantitative estimate of drug-likeness (QED) is 0.348. The van der Waals surface area contributed by atoms with E-state index in [0.717, 1.165) is 11.2 Å². The Morgan fingerprint density at radius 1 is 1.17 bits per heavy atom. The highest BCUT2D eigenvalue weighted by Crippen LogP contribution is 2.29. The smallest absolute Gasteiger partial charge is 0.417 e. The van der Waals surface area contributed by atoms with Gasteiger partial charge in [0.15, 0.2) is 6.29 Å². The summed E-state index contributed by atoms with van der Waals surface area (Å²) in [6.45, 7) is 10.1. The Hall–Kier alpha value is -1.23. The van der Waals surface area contributed by atoms with Crippen LogP contribution in [0.1, 0.15) is 66.7 Å². The predicted molar refractivity (Wildman–Crippen MR) is 111 cm³/mol. The zero-order valence-electron chi connectivity index (χ0n) is 19.0. The third-order valence-corrected chi connectivity index (χ3v) is 5.07. The molecule has 10 heteroatoms. The average Bonchev–Trinajstić information content (AvgIpc) is 2.59. The minimum absolute atomic E-state index is 0.243.